The molecule has 0 heterocycles. The number of amides is 1. The lowest BCUT2D eigenvalue weighted by atomic mass is 10.0. The average molecular weight is 452 g/mol. The zero-order valence-electron chi connectivity index (χ0n) is 20.3. The molecule has 0 bridgehead atoms. The van der Waals surface area contributed by atoms with Crippen molar-refractivity contribution in [1.29, 1.82) is 0 Å². The van der Waals surface area contributed by atoms with Crippen molar-refractivity contribution in [2.24, 2.45) is 0 Å². The molecule has 0 aliphatic rings. The van der Waals surface area contributed by atoms with Gasteiger partial charge in [0, 0.05) is 23.3 Å². The first kappa shape index (κ1) is 29.2. The van der Waals surface area contributed by atoms with Crippen LogP contribution in [0.5, 0.6) is 0 Å². The van der Waals surface area contributed by atoms with Gasteiger partial charge < -0.3 is 15.2 Å². The second-order valence-corrected chi connectivity index (χ2v) is 10.6. The average Bonchev–Trinajstić information content (AvgIpc) is 2.63. The number of carbonyl (C=O) groups is 3. The third-order valence-electron chi connectivity index (χ3n) is 4.96. The zero-order chi connectivity index (χ0) is 24.0. The number of hydrogen-bond acceptors (Lipinski definition) is 4. The number of aliphatic carboxylic acids is 1. The Hall–Kier alpha value is -1.82. The number of allylic oxidation sites excluding steroid dienone is 5. The zero-order valence-corrected chi connectivity index (χ0v) is 21.2. The van der Waals surface area contributed by atoms with E-state index in [1.807, 2.05) is 13.8 Å². The van der Waals surface area contributed by atoms with Crippen molar-refractivity contribution < 1.29 is 19.5 Å². The number of carbonyl (C=O) groups excluding carboxylic acids is 2. The standard InChI is InChI=1S/C25H41NO4S/c1-18(2)10-8-11-19(3)12-9-13-20(4)16-17-31-25(6,7)23(24(29)30)26-22(28)15-14-21(5)27/h10,12,16,23H,8-9,11,13-15,17H2,1-7H3,(H,26,28)(H,29,30)/b19-12+,20-16+. The van der Waals surface area contributed by atoms with Crippen LogP contribution in [-0.4, -0.2) is 39.3 Å². The van der Waals surface area contributed by atoms with Crippen LogP contribution in [0, 0.1) is 0 Å². The molecule has 0 rings (SSSR count). The molecule has 2 N–H and O–H groups in total. The van der Waals surface area contributed by atoms with Crippen LogP contribution < -0.4 is 5.32 Å². The molecule has 0 aromatic heterocycles. The van der Waals surface area contributed by atoms with Gasteiger partial charge in [-0.05, 0) is 74.1 Å². The van der Waals surface area contributed by atoms with Crippen molar-refractivity contribution in [2.75, 3.05) is 5.75 Å². The molecular weight excluding hydrogens is 410 g/mol. The highest BCUT2D eigenvalue weighted by Crippen LogP contribution is 2.29. The molecule has 0 fully saturated rings. The molecule has 0 radical (unpaired) electrons. The molecule has 0 saturated carbocycles. The first-order valence-corrected chi connectivity index (χ1v) is 11.9. The van der Waals surface area contributed by atoms with Gasteiger partial charge in [0.25, 0.3) is 0 Å². The molecule has 1 amide bonds. The molecule has 0 aromatic rings. The lowest BCUT2D eigenvalue weighted by Gasteiger charge is -2.31. The summed E-state index contributed by atoms with van der Waals surface area (Å²) in [6.07, 6.45) is 11.0. The number of hydrogen-bond donors (Lipinski definition) is 2. The van der Waals surface area contributed by atoms with Crippen LogP contribution in [0.3, 0.4) is 0 Å². The lowest BCUT2D eigenvalue weighted by molar-refractivity contribution is -0.142. The van der Waals surface area contributed by atoms with Crippen LogP contribution in [0.15, 0.2) is 34.9 Å². The largest absolute Gasteiger partial charge is 0.480 e. The Balaban J connectivity index is 4.62. The van der Waals surface area contributed by atoms with Gasteiger partial charge >= 0.3 is 5.97 Å². The summed E-state index contributed by atoms with van der Waals surface area (Å²) < 4.78 is -0.685. The van der Waals surface area contributed by atoms with Crippen LogP contribution in [-0.2, 0) is 14.4 Å². The minimum absolute atomic E-state index is 0.0140. The summed E-state index contributed by atoms with van der Waals surface area (Å²) >= 11 is 1.50. The minimum Gasteiger partial charge on any atom is -0.480 e. The van der Waals surface area contributed by atoms with E-state index in [0.29, 0.717) is 5.75 Å². The third-order valence-corrected chi connectivity index (χ3v) is 6.27. The van der Waals surface area contributed by atoms with Gasteiger partial charge in [-0.1, -0.05) is 34.9 Å². The van der Waals surface area contributed by atoms with Gasteiger partial charge in [-0.25, -0.2) is 4.79 Å². The highest BCUT2D eigenvalue weighted by molar-refractivity contribution is 8.00. The summed E-state index contributed by atoms with van der Waals surface area (Å²) in [6, 6.07) is -1.02. The van der Waals surface area contributed by atoms with Crippen molar-refractivity contribution in [3.05, 3.63) is 34.9 Å². The van der Waals surface area contributed by atoms with E-state index in [0.717, 1.165) is 25.7 Å². The summed E-state index contributed by atoms with van der Waals surface area (Å²) in [5.41, 5.74) is 4.03. The Morgan fingerprint density at radius 3 is 1.94 bits per heavy atom. The molecule has 0 spiro atoms. The first-order valence-electron chi connectivity index (χ1n) is 10.9. The SMILES string of the molecule is CC(=O)CCC(=O)NC(C(=O)O)C(C)(C)SC/C=C(\C)CC/C=C(\C)CCC=C(C)C. The third kappa shape index (κ3) is 14.8. The fourth-order valence-corrected chi connectivity index (χ4v) is 4.00. The van der Waals surface area contributed by atoms with Crippen LogP contribution in [0.2, 0.25) is 0 Å². The topological polar surface area (TPSA) is 83.5 Å². The predicted molar refractivity (Wildman–Crippen MR) is 131 cm³/mol. The van der Waals surface area contributed by atoms with Crippen LogP contribution in [0.1, 0.15) is 87.0 Å². The highest BCUT2D eigenvalue weighted by atomic mass is 32.2. The maximum atomic E-state index is 12.0. The number of rotatable bonds is 15. The van der Waals surface area contributed by atoms with Crippen molar-refractivity contribution >= 4 is 29.4 Å². The van der Waals surface area contributed by atoms with Gasteiger partial charge in [-0.3, -0.25) is 4.79 Å². The fraction of sp³-hybridized carbons (Fsp3) is 0.640. The van der Waals surface area contributed by atoms with Gasteiger partial charge in [0.15, 0.2) is 0 Å². The molecule has 0 saturated heterocycles. The number of ketones is 1. The van der Waals surface area contributed by atoms with Crippen molar-refractivity contribution in [3.63, 3.8) is 0 Å². The molecule has 176 valence electrons. The molecule has 0 aliphatic carbocycles. The molecular formula is C25H41NO4S. The van der Waals surface area contributed by atoms with Crippen LogP contribution in [0.4, 0.5) is 0 Å². The summed E-state index contributed by atoms with van der Waals surface area (Å²) in [6.45, 7) is 13.6. The second-order valence-electron chi connectivity index (χ2n) is 8.92. The number of thioether (sulfide) groups is 1. The second kappa shape index (κ2) is 15.1. The van der Waals surface area contributed by atoms with Gasteiger partial charge in [-0.2, -0.15) is 0 Å². The van der Waals surface area contributed by atoms with E-state index in [1.54, 1.807) is 0 Å². The molecule has 0 aliphatic heterocycles. The van der Waals surface area contributed by atoms with Crippen molar-refractivity contribution in [1.82, 2.24) is 5.32 Å². The van der Waals surface area contributed by atoms with Crippen molar-refractivity contribution in [3.8, 4) is 0 Å². The van der Waals surface area contributed by atoms with Crippen LogP contribution >= 0.6 is 11.8 Å². The molecule has 5 nitrogen and oxygen atoms in total. The van der Waals surface area contributed by atoms with Gasteiger partial charge in [-0.15, -0.1) is 11.8 Å². The monoisotopic (exact) mass is 451 g/mol. The maximum Gasteiger partial charge on any atom is 0.327 e. The van der Waals surface area contributed by atoms with E-state index in [1.165, 1.54) is 35.4 Å². The first-order chi connectivity index (χ1) is 14.3. The Kier molecular flexibility index (Phi) is 14.2. The van der Waals surface area contributed by atoms with E-state index < -0.39 is 22.7 Å². The molecule has 1 atom stereocenters. The number of carboxylic acids is 1. The van der Waals surface area contributed by atoms with E-state index in [4.69, 9.17) is 0 Å². The highest BCUT2D eigenvalue weighted by Gasteiger charge is 2.36. The fourth-order valence-electron chi connectivity index (χ4n) is 2.88. The smallest absolute Gasteiger partial charge is 0.327 e. The number of Topliss-reactive ketones (excluding diaryl/α,β-unsaturated/α-hetero) is 1. The summed E-state index contributed by atoms with van der Waals surface area (Å²) in [7, 11) is 0. The normalized spacial score (nSPS) is 13.5. The van der Waals surface area contributed by atoms with E-state index in [-0.39, 0.29) is 18.6 Å². The summed E-state index contributed by atoms with van der Waals surface area (Å²) in [5, 5.41) is 12.2. The van der Waals surface area contributed by atoms with E-state index in [2.05, 4.69) is 51.2 Å². The van der Waals surface area contributed by atoms with Gasteiger partial charge in [0.2, 0.25) is 5.91 Å². The van der Waals surface area contributed by atoms with E-state index in [9.17, 15) is 19.5 Å². The Morgan fingerprint density at radius 1 is 0.871 bits per heavy atom. The van der Waals surface area contributed by atoms with E-state index >= 15 is 0 Å². The Bertz CT molecular complexity index is 700. The molecule has 6 heteroatoms. The number of carboxylic acid groups (broad SMARTS) is 1. The minimum atomic E-state index is -1.07. The van der Waals surface area contributed by atoms with Gasteiger partial charge in [0.1, 0.15) is 11.8 Å². The Labute approximate surface area is 192 Å². The van der Waals surface area contributed by atoms with Gasteiger partial charge in [0.05, 0.1) is 0 Å². The molecule has 31 heavy (non-hydrogen) atoms. The van der Waals surface area contributed by atoms with Crippen LogP contribution in [0.25, 0.3) is 0 Å². The maximum absolute atomic E-state index is 12.0. The Morgan fingerprint density at radius 2 is 1.42 bits per heavy atom. The predicted octanol–water partition coefficient (Wildman–Crippen LogP) is 5.86. The quantitative estimate of drug-likeness (QED) is 0.305. The molecule has 0 aromatic carbocycles. The summed E-state index contributed by atoms with van der Waals surface area (Å²) in [5.74, 6) is -0.887. The van der Waals surface area contributed by atoms with Crippen molar-refractivity contribution in [2.45, 2.75) is 97.8 Å². The number of nitrogens with one attached hydrogen (secondary N) is 1. The summed E-state index contributed by atoms with van der Waals surface area (Å²) in [4.78, 5) is 34.8. The lowest BCUT2D eigenvalue weighted by Crippen LogP contribution is -2.52. The molecule has 1 unspecified atom stereocenters.